The minimum absolute atomic E-state index is 0.0130. The maximum absolute atomic E-state index is 12.2. The molecular weight excluding hydrogens is 380 g/mol. The average Bonchev–Trinajstić information content (AvgIpc) is 2.64. The molecule has 3 rings (SSSR count). The van der Waals surface area contributed by atoms with Gasteiger partial charge in [-0.25, -0.2) is 0 Å². The SMILES string of the molecule is N#Cc1ccc(OC2CCC(NC(=O)c3ccccc3)CC2)cc1Br. The van der Waals surface area contributed by atoms with Crippen LogP contribution in [0.15, 0.2) is 53.0 Å². The van der Waals surface area contributed by atoms with E-state index >= 15 is 0 Å². The van der Waals surface area contributed by atoms with Gasteiger partial charge in [-0.15, -0.1) is 0 Å². The van der Waals surface area contributed by atoms with Crippen LogP contribution in [-0.4, -0.2) is 18.1 Å². The summed E-state index contributed by atoms with van der Waals surface area (Å²) in [7, 11) is 0. The molecule has 5 heteroatoms. The molecule has 0 radical (unpaired) electrons. The van der Waals surface area contributed by atoms with E-state index in [1.54, 1.807) is 6.07 Å². The van der Waals surface area contributed by atoms with Crippen LogP contribution in [0.5, 0.6) is 5.75 Å². The Morgan fingerprint density at radius 2 is 1.84 bits per heavy atom. The van der Waals surface area contributed by atoms with Crippen molar-refractivity contribution in [1.82, 2.24) is 5.32 Å². The second-order valence-corrected chi connectivity index (χ2v) is 7.04. The number of carbonyl (C=O) groups is 1. The molecule has 0 saturated heterocycles. The number of hydrogen-bond donors (Lipinski definition) is 1. The highest BCUT2D eigenvalue weighted by Gasteiger charge is 2.24. The smallest absolute Gasteiger partial charge is 0.251 e. The first-order chi connectivity index (χ1) is 12.2. The third-order valence-corrected chi connectivity index (χ3v) is 5.07. The molecule has 0 unspecified atom stereocenters. The van der Waals surface area contributed by atoms with Crippen molar-refractivity contribution >= 4 is 21.8 Å². The van der Waals surface area contributed by atoms with E-state index in [4.69, 9.17) is 10.00 Å². The van der Waals surface area contributed by atoms with E-state index in [9.17, 15) is 4.79 Å². The van der Waals surface area contributed by atoms with Crippen molar-refractivity contribution in [3.63, 3.8) is 0 Å². The summed E-state index contributed by atoms with van der Waals surface area (Å²) in [6.45, 7) is 0. The number of hydrogen-bond acceptors (Lipinski definition) is 3. The van der Waals surface area contributed by atoms with Crippen LogP contribution in [0.3, 0.4) is 0 Å². The van der Waals surface area contributed by atoms with Crippen molar-refractivity contribution in [1.29, 1.82) is 5.26 Å². The molecule has 1 aliphatic rings. The van der Waals surface area contributed by atoms with Crippen LogP contribution in [0.25, 0.3) is 0 Å². The molecule has 25 heavy (non-hydrogen) atoms. The first-order valence-electron chi connectivity index (χ1n) is 8.38. The molecule has 128 valence electrons. The third kappa shape index (κ3) is 4.61. The molecule has 0 heterocycles. The van der Waals surface area contributed by atoms with E-state index in [0.29, 0.717) is 11.1 Å². The number of amides is 1. The molecule has 0 bridgehead atoms. The summed E-state index contributed by atoms with van der Waals surface area (Å²) in [6.07, 6.45) is 3.75. The second-order valence-electron chi connectivity index (χ2n) is 6.18. The van der Waals surface area contributed by atoms with Crippen molar-refractivity contribution in [2.24, 2.45) is 0 Å². The van der Waals surface area contributed by atoms with Gasteiger partial charge in [0, 0.05) is 16.1 Å². The number of ether oxygens (including phenoxy) is 1. The number of carbonyl (C=O) groups excluding carboxylic acids is 1. The van der Waals surface area contributed by atoms with Crippen LogP contribution >= 0.6 is 15.9 Å². The zero-order chi connectivity index (χ0) is 17.6. The summed E-state index contributed by atoms with van der Waals surface area (Å²) in [5.74, 6) is 0.753. The third-order valence-electron chi connectivity index (χ3n) is 4.41. The van der Waals surface area contributed by atoms with Crippen LogP contribution in [0.2, 0.25) is 0 Å². The van der Waals surface area contributed by atoms with Crippen LogP contribution in [0, 0.1) is 11.3 Å². The van der Waals surface area contributed by atoms with Gasteiger partial charge in [-0.2, -0.15) is 5.26 Å². The lowest BCUT2D eigenvalue weighted by Crippen LogP contribution is -2.39. The highest BCUT2D eigenvalue weighted by Crippen LogP contribution is 2.27. The summed E-state index contributed by atoms with van der Waals surface area (Å²) in [5, 5.41) is 12.1. The number of halogens is 1. The monoisotopic (exact) mass is 398 g/mol. The minimum atomic E-state index is -0.0130. The van der Waals surface area contributed by atoms with Gasteiger partial charge in [0.1, 0.15) is 11.8 Å². The van der Waals surface area contributed by atoms with Gasteiger partial charge in [-0.05, 0) is 71.9 Å². The van der Waals surface area contributed by atoms with E-state index < -0.39 is 0 Å². The molecular formula is C20H19BrN2O2. The molecule has 4 nitrogen and oxygen atoms in total. The van der Waals surface area contributed by atoms with E-state index in [-0.39, 0.29) is 18.1 Å². The number of rotatable bonds is 4. The zero-order valence-corrected chi connectivity index (χ0v) is 15.3. The van der Waals surface area contributed by atoms with Gasteiger partial charge in [-0.3, -0.25) is 4.79 Å². The fourth-order valence-corrected chi connectivity index (χ4v) is 3.48. The maximum Gasteiger partial charge on any atom is 0.251 e. The van der Waals surface area contributed by atoms with Gasteiger partial charge >= 0.3 is 0 Å². The van der Waals surface area contributed by atoms with Gasteiger partial charge in [-0.1, -0.05) is 18.2 Å². The molecule has 2 aromatic rings. The van der Waals surface area contributed by atoms with Crippen molar-refractivity contribution in [3.05, 3.63) is 64.1 Å². The predicted molar refractivity (Wildman–Crippen MR) is 99.4 cm³/mol. The number of benzene rings is 2. The van der Waals surface area contributed by atoms with Gasteiger partial charge < -0.3 is 10.1 Å². The topological polar surface area (TPSA) is 62.1 Å². The molecule has 1 saturated carbocycles. The fraction of sp³-hybridized carbons (Fsp3) is 0.300. The van der Waals surface area contributed by atoms with E-state index in [1.807, 2.05) is 42.5 Å². The van der Waals surface area contributed by atoms with E-state index in [1.165, 1.54) is 0 Å². The maximum atomic E-state index is 12.2. The predicted octanol–water partition coefficient (Wildman–Crippen LogP) is 4.44. The Labute approximate surface area is 155 Å². The first-order valence-corrected chi connectivity index (χ1v) is 9.17. The summed E-state index contributed by atoms with van der Waals surface area (Å²) in [5.41, 5.74) is 1.29. The molecule has 0 aromatic heterocycles. The Bertz CT molecular complexity index is 778. The van der Waals surface area contributed by atoms with Gasteiger partial charge in [0.25, 0.3) is 5.91 Å². The van der Waals surface area contributed by atoms with Gasteiger partial charge in [0.05, 0.1) is 11.7 Å². The Hall–Kier alpha value is -2.32. The zero-order valence-electron chi connectivity index (χ0n) is 13.7. The minimum Gasteiger partial charge on any atom is -0.490 e. The highest BCUT2D eigenvalue weighted by molar-refractivity contribution is 9.10. The van der Waals surface area contributed by atoms with Crippen molar-refractivity contribution < 1.29 is 9.53 Å². The molecule has 1 N–H and O–H groups in total. The summed E-state index contributed by atoms with van der Waals surface area (Å²) in [6, 6.07) is 17.0. The largest absolute Gasteiger partial charge is 0.490 e. The summed E-state index contributed by atoms with van der Waals surface area (Å²) in [4.78, 5) is 12.2. The molecule has 0 aliphatic heterocycles. The average molecular weight is 399 g/mol. The Kier molecular flexibility index (Phi) is 5.72. The van der Waals surface area contributed by atoms with Crippen molar-refractivity contribution in [2.45, 2.75) is 37.8 Å². The van der Waals surface area contributed by atoms with Crippen molar-refractivity contribution in [2.75, 3.05) is 0 Å². The molecule has 1 fully saturated rings. The number of nitriles is 1. The lowest BCUT2D eigenvalue weighted by atomic mass is 9.92. The normalized spacial score (nSPS) is 19.7. The first kappa shape index (κ1) is 17.5. The van der Waals surface area contributed by atoms with Crippen LogP contribution in [0.4, 0.5) is 0 Å². The van der Waals surface area contributed by atoms with Crippen LogP contribution in [0.1, 0.15) is 41.6 Å². The summed E-state index contributed by atoms with van der Waals surface area (Å²) < 4.78 is 6.77. The molecule has 0 atom stereocenters. The number of nitrogens with zero attached hydrogens (tertiary/aromatic N) is 1. The molecule has 1 aliphatic carbocycles. The lowest BCUT2D eigenvalue weighted by Gasteiger charge is -2.29. The van der Waals surface area contributed by atoms with Crippen molar-refractivity contribution in [3.8, 4) is 11.8 Å². The van der Waals surface area contributed by atoms with Gasteiger partial charge in [0.15, 0.2) is 0 Å². The van der Waals surface area contributed by atoms with E-state index in [2.05, 4.69) is 27.3 Å². The lowest BCUT2D eigenvalue weighted by molar-refractivity contribution is 0.0894. The molecule has 1 amide bonds. The van der Waals surface area contributed by atoms with E-state index in [0.717, 1.165) is 35.9 Å². The Balaban J connectivity index is 1.50. The quantitative estimate of drug-likeness (QED) is 0.827. The number of nitrogens with one attached hydrogen (secondary N) is 1. The Morgan fingerprint density at radius 3 is 2.48 bits per heavy atom. The Morgan fingerprint density at radius 1 is 1.12 bits per heavy atom. The van der Waals surface area contributed by atoms with Gasteiger partial charge in [0.2, 0.25) is 0 Å². The molecule has 2 aromatic carbocycles. The summed E-state index contributed by atoms with van der Waals surface area (Å²) >= 11 is 3.38. The van der Waals surface area contributed by atoms with Crippen LogP contribution < -0.4 is 10.1 Å². The fourth-order valence-electron chi connectivity index (χ4n) is 3.04. The molecule has 0 spiro atoms. The highest BCUT2D eigenvalue weighted by atomic mass is 79.9. The van der Waals surface area contributed by atoms with Crippen LogP contribution in [-0.2, 0) is 0 Å². The second kappa shape index (κ2) is 8.17. The standard InChI is InChI=1S/C20H19BrN2O2/c21-19-12-18(9-6-15(19)13-22)25-17-10-7-16(8-11-17)23-20(24)14-4-2-1-3-5-14/h1-6,9,12,16-17H,7-8,10-11H2,(H,23,24).